The topological polar surface area (TPSA) is 0 Å². The van der Waals surface area contributed by atoms with E-state index in [0.29, 0.717) is 0 Å². The minimum atomic E-state index is -2.05. The first-order valence-corrected chi connectivity index (χ1v) is 3.18. The number of halogens is 3. The summed E-state index contributed by atoms with van der Waals surface area (Å²) < 4.78 is 36.9. The summed E-state index contributed by atoms with van der Waals surface area (Å²) in [5.41, 5.74) is 0. The van der Waals surface area contributed by atoms with Crippen LogP contribution in [-0.2, 0) is 0 Å². The summed E-state index contributed by atoms with van der Waals surface area (Å²) in [5, 5.41) is 0. The highest BCUT2D eigenvalue weighted by molar-refractivity contribution is 4.88. The third-order valence-corrected chi connectivity index (χ3v) is 1.26. The number of allylic oxidation sites excluding steroid dienone is 1. The largest absolute Gasteiger partial charge is 0.244 e. The van der Waals surface area contributed by atoms with Crippen molar-refractivity contribution in [3.05, 3.63) is 12.7 Å². The molecule has 0 nitrogen and oxygen atoms in total. The molecule has 0 aliphatic heterocycles. The second kappa shape index (κ2) is 4.36. The molecule has 0 N–H and O–H groups in total. The molecular weight excluding hydrogens is 141 g/mol. The van der Waals surface area contributed by atoms with Crippen molar-refractivity contribution in [2.24, 2.45) is 0 Å². The number of hydrogen-bond acceptors (Lipinski definition) is 0. The fraction of sp³-hybridized carbons (Fsp3) is 0.714. The fourth-order valence-electron chi connectivity index (χ4n) is 0.555. The van der Waals surface area contributed by atoms with Gasteiger partial charge in [-0.25, -0.2) is 13.2 Å². The maximum atomic E-state index is 12.4. The summed E-state index contributed by atoms with van der Waals surface area (Å²) in [4.78, 5) is 0. The molecule has 60 valence electrons. The van der Waals surface area contributed by atoms with Gasteiger partial charge in [0.1, 0.15) is 6.17 Å². The molecular formula is C7H11F3. The van der Waals surface area contributed by atoms with Gasteiger partial charge < -0.3 is 0 Å². The maximum absolute atomic E-state index is 12.4. The van der Waals surface area contributed by atoms with E-state index in [9.17, 15) is 13.2 Å². The molecule has 0 bridgehead atoms. The predicted molar refractivity (Wildman–Crippen MR) is 35.2 cm³/mol. The molecule has 0 amide bonds. The van der Waals surface area contributed by atoms with Gasteiger partial charge in [-0.1, -0.05) is 13.0 Å². The third-order valence-electron chi connectivity index (χ3n) is 1.26. The van der Waals surface area contributed by atoms with Crippen LogP contribution in [0.2, 0.25) is 0 Å². The Balaban J connectivity index is 3.80. The van der Waals surface area contributed by atoms with E-state index in [1.807, 2.05) is 0 Å². The third kappa shape index (κ3) is 2.42. The Labute approximate surface area is 58.7 Å². The molecule has 0 radical (unpaired) electrons. The van der Waals surface area contributed by atoms with E-state index in [4.69, 9.17) is 0 Å². The Morgan fingerprint density at radius 2 is 1.90 bits per heavy atom. The van der Waals surface area contributed by atoms with Crippen LogP contribution in [0.4, 0.5) is 13.2 Å². The minimum Gasteiger partial charge on any atom is -0.244 e. The first kappa shape index (κ1) is 9.53. The van der Waals surface area contributed by atoms with Crippen molar-refractivity contribution in [1.82, 2.24) is 0 Å². The predicted octanol–water partition coefficient (Wildman–Crippen LogP) is 2.60. The average molecular weight is 152 g/mol. The molecule has 0 aromatic rings. The molecule has 0 spiro atoms. The van der Waals surface area contributed by atoms with E-state index in [2.05, 4.69) is 6.58 Å². The van der Waals surface area contributed by atoms with Crippen molar-refractivity contribution < 1.29 is 13.2 Å². The van der Waals surface area contributed by atoms with Crippen LogP contribution < -0.4 is 0 Å². The summed E-state index contributed by atoms with van der Waals surface area (Å²) >= 11 is 0. The molecule has 3 heteroatoms. The Bertz CT molecular complexity index is 103. The van der Waals surface area contributed by atoms with E-state index in [1.54, 1.807) is 0 Å². The van der Waals surface area contributed by atoms with Gasteiger partial charge in [0.05, 0.1) is 0 Å². The quantitative estimate of drug-likeness (QED) is 0.543. The summed E-state index contributed by atoms with van der Waals surface area (Å²) in [7, 11) is 0. The number of alkyl halides is 3. The highest BCUT2D eigenvalue weighted by Gasteiger charge is 2.25. The van der Waals surface area contributed by atoms with Gasteiger partial charge in [0.15, 0.2) is 12.3 Å². The molecule has 0 rings (SSSR count). The van der Waals surface area contributed by atoms with Crippen molar-refractivity contribution >= 4 is 0 Å². The highest BCUT2D eigenvalue weighted by Crippen LogP contribution is 2.14. The normalized spacial score (nSPS) is 19.6. The van der Waals surface area contributed by atoms with Crippen LogP contribution in [0.5, 0.6) is 0 Å². The SMILES string of the molecule is C=CC(F)C(F)C(F)CC. The van der Waals surface area contributed by atoms with E-state index >= 15 is 0 Å². The van der Waals surface area contributed by atoms with Gasteiger partial charge in [0.2, 0.25) is 0 Å². The minimum absolute atomic E-state index is 0.00454. The van der Waals surface area contributed by atoms with Crippen LogP contribution in [0.1, 0.15) is 13.3 Å². The van der Waals surface area contributed by atoms with Crippen LogP contribution in [0.3, 0.4) is 0 Å². The van der Waals surface area contributed by atoms with Gasteiger partial charge >= 0.3 is 0 Å². The summed E-state index contributed by atoms with van der Waals surface area (Å²) in [6, 6.07) is 0. The first-order valence-electron chi connectivity index (χ1n) is 3.18. The van der Waals surface area contributed by atoms with E-state index in [0.717, 1.165) is 6.08 Å². The second-order valence-corrected chi connectivity index (χ2v) is 2.05. The molecule has 0 saturated heterocycles. The maximum Gasteiger partial charge on any atom is 0.166 e. The Morgan fingerprint density at radius 1 is 1.40 bits per heavy atom. The van der Waals surface area contributed by atoms with Crippen molar-refractivity contribution in [3.63, 3.8) is 0 Å². The van der Waals surface area contributed by atoms with Gasteiger partial charge in [-0.05, 0) is 6.42 Å². The lowest BCUT2D eigenvalue weighted by Crippen LogP contribution is -2.25. The number of hydrogen-bond donors (Lipinski definition) is 0. The van der Waals surface area contributed by atoms with Gasteiger partial charge in [0.25, 0.3) is 0 Å². The standard InChI is InChI=1S/C7H11F3/c1-3-5(8)7(10)6(9)4-2/h3,5-7H,1,4H2,2H3. The zero-order valence-electron chi connectivity index (χ0n) is 5.86. The van der Waals surface area contributed by atoms with Gasteiger partial charge in [-0.15, -0.1) is 6.58 Å². The van der Waals surface area contributed by atoms with Crippen molar-refractivity contribution in [2.75, 3.05) is 0 Å². The zero-order valence-corrected chi connectivity index (χ0v) is 5.86. The Kier molecular flexibility index (Phi) is 4.16. The lowest BCUT2D eigenvalue weighted by Gasteiger charge is -2.12. The van der Waals surface area contributed by atoms with Crippen LogP contribution in [0, 0.1) is 0 Å². The lowest BCUT2D eigenvalue weighted by molar-refractivity contribution is 0.103. The van der Waals surface area contributed by atoms with Crippen LogP contribution in [0.15, 0.2) is 12.7 Å². The molecule has 10 heavy (non-hydrogen) atoms. The van der Waals surface area contributed by atoms with Gasteiger partial charge in [-0.3, -0.25) is 0 Å². The lowest BCUT2D eigenvalue weighted by atomic mass is 10.1. The monoisotopic (exact) mass is 152 g/mol. The van der Waals surface area contributed by atoms with Gasteiger partial charge in [-0.2, -0.15) is 0 Å². The molecule has 0 aliphatic carbocycles. The van der Waals surface area contributed by atoms with Crippen LogP contribution in [0.25, 0.3) is 0 Å². The summed E-state index contributed by atoms with van der Waals surface area (Å²) in [5.74, 6) is 0. The van der Waals surface area contributed by atoms with Crippen molar-refractivity contribution in [2.45, 2.75) is 31.9 Å². The fourth-order valence-corrected chi connectivity index (χ4v) is 0.555. The Morgan fingerprint density at radius 3 is 2.20 bits per heavy atom. The van der Waals surface area contributed by atoms with Crippen LogP contribution in [-0.4, -0.2) is 18.5 Å². The molecule has 0 saturated carbocycles. The van der Waals surface area contributed by atoms with E-state index in [1.165, 1.54) is 6.92 Å². The average Bonchev–Trinajstić information content (AvgIpc) is 2.00. The van der Waals surface area contributed by atoms with Crippen molar-refractivity contribution in [1.29, 1.82) is 0 Å². The molecule has 0 aromatic carbocycles. The summed E-state index contributed by atoms with van der Waals surface area (Å²) in [6.45, 7) is 4.48. The molecule has 0 fully saturated rings. The molecule has 0 aliphatic rings. The highest BCUT2D eigenvalue weighted by atomic mass is 19.2. The molecule has 3 atom stereocenters. The summed E-state index contributed by atoms with van der Waals surface area (Å²) in [6.07, 6.45) is -4.88. The first-order chi connectivity index (χ1) is 4.63. The second-order valence-electron chi connectivity index (χ2n) is 2.05. The van der Waals surface area contributed by atoms with E-state index in [-0.39, 0.29) is 6.42 Å². The molecule has 0 aromatic heterocycles. The smallest absolute Gasteiger partial charge is 0.166 e. The number of rotatable bonds is 4. The van der Waals surface area contributed by atoms with Crippen LogP contribution >= 0.6 is 0 Å². The molecule has 3 unspecified atom stereocenters. The molecule has 0 heterocycles. The van der Waals surface area contributed by atoms with Crippen molar-refractivity contribution in [3.8, 4) is 0 Å². The Hall–Kier alpha value is -0.470. The van der Waals surface area contributed by atoms with E-state index < -0.39 is 18.5 Å². The van der Waals surface area contributed by atoms with Gasteiger partial charge in [0, 0.05) is 0 Å². The zero-order chi connectivity index (χ0) is 8.15.